The van der Waals surface area contributed by atoms with Crippen LogP contribution in [0.2, 0.25) is 0 Å². The molecule has 0 radical (unpaired) electrons. The van der Waals surface area contributed by atoms with Gasteiger partial charge in [0, 0.05) is 34.4 Å². The van der Waals surface area contributed by atoms with Crippen LogP contribution in [0, 0.1) is 40.1 Å². The van der Waals surface area contributed by atoms with Crippen molar-refractivity contribution >= 4 is 29.8 Å². The number of thioether (sulfide) groups is 1. The van der Waals surface area contributed by atoms with Crippen molar-refractivity contribution in [2.24, 2.45) is 0 Å². The first-order chi connectivity index (χ1) is 27.5. The molecular formula is C41H39F3N6O6S. The van der Waals surface area contributed by atoms with Gasteiger partial charge >= 0.3 is 11.9 Å². The van der Waals surface area contributed by atoms with E-state index in [9.17, 15) is 23.6 Å². The Morgan fingerprint density at radius 2 is 1.81 bits per heavy atom. The third kappa shape index (κ3) is 11.4. The van der Waals surface area contributed by atoms with E-state index in [1.807, 2.05) is 12.1 Å². The number of esters is 2. The predicted octanol–water partition coefficient (Wildman–Crippen LogP) is 6.37. The average Bonchev–Trinajstić information content (AvgIpc) is 3.72. The van der Waals surface area contributed by atoms with Crippen molar-refractivity contribution in [3.8, 4) is 12.1 Å². The molecule has 2 atom stereocenters. The number of hydrogen-bond acceptors (Lipinski definition) is 12. The molecule has 1 aromatic heterocycles. The normalized spacial score (nSPS) is 17.1. The fourth-order valence-corrected chi connectivity index (χ4v) is 7.31. The van der Waals surface area contributed by atoms with Crippen LogP contribution in [0.4, 0.5) is 13.2 Å². The van der Waals surface area contributed by atoms with Crippen LogP contribution in [0.15, 0.2) is 85.5 Å². The van der Waals surface area contributed by atoms with Gasteiger partial charge in [-0.1, -0.05) is 30.4 Å². The standard InChI is InChI=1S/C41H39F3N6O6S/c1-27(57-33-22-54-39(55-23-33)8-4-3-6-30-11-9-29(20-46)17-36(30)43)41(24-50-26-48-25-49-50,35-14-13-32(42)18-37(35)44)56-40(52)34-16-28(19-45)10-12-31(34)21-53-38(51)7-5-15-47-2/h3-4,6,8-14,16-18,25-27,33,39,47H,5,7,15,21-24H2,1-2H3/t27-,33-,39-,41-/m1/s1. The van der Waals surface area contributed by atoms with Crippen molar-refractivity contribution in [2.75, 3.05) is 26.8 Å². The summed E-state index contributed by atoms with van der Waals surface area (Å²) in [6.07, 6.45) is 9.00. The molecule has 1 saturated heterocycles. The smallest absolute Gasteiger partial charge is 0.339 e. The lowest BCUT2D eigenvalue weighted by Crippen LogP contribution is -2.47. The van der Waals surface area contributed by atoms with Gasteiger partial charge in [0.05, 0.1) is 53.8 Å². The molecule has 16 heteroatoms. The van der Waals surface area contributed by atoms with Crippen LogP contribution in [-0.4, -0.2) is 70.3 Å². The van der Waals surface area contributed by atoms with E-state index in [-0.39, 0.29) is 65.9 Å². The number of ether oxygens (including phenoxy) is 4. The molecule has 1 aliphatic heterocycles. The summed E-state index contributed by atoms with van der Waals surface area (Å²) in [4.78, 5) is 30.8. The van der Waals surface area contributed by atoms with Gasteiger partial charge in [-0.15, -0.1) is 11.8 Å². The maximum atomic E-state index is 16.0. The van der Waals surface area contributed by atoms with Crippen molar-refractivity contribution in [3.63, 3.8) is 0 Å². The number of carbonyl (C=O) groups excluding carboxylic acids is 2. The van der Waals surface area contributed by atoms with Crippen LogP contribution >= 0.6 is 11.8 Å². The molecule has 0 bridgehead atoms. The van der Waals surface area contributed by atoms with Crippen molar-refractivity contribution in [1.82, 2.24) is 20.1 Å². The van der Waals surface area contributed by atoms with Crippen molar-refractivity contribution < 1.29 is 41.7 Å². The van der Waals surface area contributed by atoms with Crippen LogP contribution in [0.5, 0.6) is 0 Å². The van der Waals surface area contributed by atoms with Crippen molar-refractivity contribution in [2.45, 2.75) is 55.3 Å². The summed E-state index contributed by atoms with van der Waals surface area (Å²) in [6.45, 7) is 2.11. The second kappa shape index (κ2) is 20.4. The highest BCUT2D eigenvalue weighted by atomic mass is 32.2. The third-order valence-corrected chi connectivity index (χ3v) is 10.4. The number of allylic oxidation sites excluding steroid dienone is 2. The van der Waals surface area contributed by atoms with E-state index in [1.165, 1.54) is 65.5 Å². The number of rotatable bonds is 17. The maximum absolute atomic E-state index is 16.0. The van der Waals surface area contributed by atoms with Gasteiger partial charge in [0.2, 0.25) is 0 Å². The minimum Gasteiger partial charge on any atom is -0.461 e. The zero-order valence-corrected chi connectivity index (χ0v) is 31.9. The van der Waals surface area contributed by atoms with Crippen LogP contribution < -0.4 is 5.32 Å². The van der Waals surface area contributed by atoms with Gasteiger partial charge in [0.15, 0.2) is 11.9 Å². The molecule has 0 spiro atoms. The number of halogens is 3. The largest absolute Gasteiger partial charge is 0.461 e. The molecular weight excluding hydrogens is 762 g/mol. The second-order valence-corrected chi connectivity index (χ2v) is 14.5. The van der Waals surface area contributed by atoms with Gasteiger partial charge in [0.25, 0.3) is 0 Å². The quantitative estimate of drug-likeness (QED) is 0.0716. The molecule has 0 saturated carbocycles. The maximum Gasteiger partial charge on any atom is 0.339 e. The summed E-state index contributed by atoms with van der Waals surface area (Å²) in [5.41, 5.74) is -1.22. The first-order valence-corrected chi connectivity index (χ1v) is 18.8. The second-order valence-electron chi connectivity index (χ2n) is 12.9. The number of hydrogen-bond donors (Lipinski definition) is 1. The average molecular weight is 801 g/mol. The lowest BCUT2D eigenvalue weighted by molar-refractivity contribution is -0.146. The molecule has 5 rings (SSSR count). The summed E-state index contributed by atoms with van der Waals surface area (Å²) in [7, 11) is 1.76. The predicted molar refractivity (Wildman–Crippen MR) is 203 cm³/mol. The van der Waals surface area contributed by atoms with Gasteiger partial charge < -0.3 is 24.3 Å². The molecule has 57 heavy (non-hydrogen) atoms. The molecule has 3 aromatic carbocycles. The van der Waals surface area contributed by atoms with Crippen LogP contribution in [0.1, 0.15) is 57.9 Å². The summed E-state index contributed by atoms with van der Waals surface area (Å²) in [6, 6.07) is 15.3. The fourth-order valence-electron chi connectivity index (χ4n) is 5.95. The summed E-state index contributed by atoms with van der Waals surface area (Å²) in [5.74, 6) is -3.80. The molecule has 2 heterocycles. The van der Waals surface area contributed by atoms with E-state index in [0.717, 1.165) is 12.1 Å². The lowest BCUT2D eigenvalue weighted by Gasteiger charge is -2.40. The monoisotopic (exact) mass is 800 g/mol. The Kier molecular flexibility index (Phi) is 15.2. The topological polar surface area (TPSA) is 161 Å². The van der Waals surface area contributed by atoms with Gasteiger partial charge in [-0.25, -0.2) is 27.6 Å². The minimum atomic E-state index is -1.88. The fraction of sp³-hybridized carbons (Fsp3) is 0.317. The molecule has 12 nitrogen and oxygen atoms in total. The highest BCUT2D eigenvalue weighted by Gasteiger charge is 2.47. The van der Waals surface area contributed by atoms with Crippen molar-refractivity contribution in [1.29, 1.82) is 10.5 Å². The summed E-state index contributed by atoms with van der Waals surface area (Å²) >= 11 is 1.28. The number of aromatic nitrogens is 3. The van der Waals surface area contributed by atoms with Crippen LogP contribution in [-0.2, 0) is 42.5 Å². The zero-order chi connectivity index (χ0) is 40.8. The molecule has 1 N–H and O–H groups in total. The van der Waals surface area contributed by atoms with Gasteiger partial charge in [-0.3, -0.25) is 4.79 Å². The van der Waals surface area contributed by atoms with Crippen LogP contribution in [0.25, 0.3) is 6.08 Å². The number of nitriles is 2. The first kappa shape index (κ1) is 42.4. The van der Waals surface area contributed by atoms with Gasteiger partial charge in [0.1, 0.15) is 36.7 Å². The number of nitrogens with zero attached hydrogens (tertiary/aromatic N) is 5. The Labute approximate surface area is 331 Å². The molecule has 4 aromatic rings. The molecule has 1 aliphatic rings. The minimum absolute atomic E-state index is 0.0882. The van der Waals surface area contributed by atoms with E-state index in [0.29, 0.717) is 24.6 Å². The van der Waals surface area contributed by atoms with Gasteiger partial charge in [-0.05, 0) is 69.4 Å². The highest BCUT2D eigenvalue weighted by molar-refractivity contribution is 8.00. The van der Waals surface area contributed by atoms with E-state index in [4.69, 9.17) is 24.2 Å². The van der Waals surface area contributed by atoms with E-state index in [1.54, 1.807) is 38.3 Å². The number of nitrogens with one attached hydrogen (secondary N) is 1. The number of carbonyl (C=O) groups is 2. The molecule has 0 unspecified atom stereocenters. The Balaban J connectivity index is 1.39. The Bertz CT molecular complexity index is 2160. The van der Waals surface area contributed by atoms with Crippen LogP contribution in [0.3, 0.4) is 0 Å². The molecule has 296 valence electrons. The molecule has 1 fully saturated rings. The van der Waals surface area contributed by atoms with E-state index >= 15 is 4.39 Å². The summed E-state index contributed by atoms with van der Waals surface area (Å²) in [5, 5.41) is 24.6. The zero-order valence-electron chi connectivity index (χ0n) is 31.1. The highest BCUT2D eigenvalue weighted by Crippen LogP contribution is 2.42. The lowest BCUT2D eigenvalue weighted by atomic mass is 9.89. The SMILES string of the molecule is CNCCCC(=O)OCc1ccc(C#N)cc1C(=O)O[C@@](Cn1cncn1)(c1ccc(F)cc1F)[C@@H](C)S[C@H]1CO[C@H](C=CC=Cc2ccc(C#N)cc2F)OC1. The summed E-state index contributed by atoms with van der Waals surface area (Å²) < 4.78 is 69.6. The Morgan fingerprint density at radius 3 is 2.49 bits per heavy atom. The van der Waals surface area contributed by atoms with E-state index < -0.39 is 46.5 Å². The van der Waals surface area contributed by atoms with Gasteiger partial charge in [-0.2, -0.15) is 15.6 Å². The van der Waals surface area contributed by atoms with Crippen molar-refractivity contribution in [3.05, 3.63) is 136 Å². The number of benzene rings is 3. The first-order valence-electron chi connectivity index (χ1n) is 17.8. The molecule has 0 amide bonds. The Morgan fingerprint density at radius 1 is 1.05 bits per heavy atom. The third-order valence-electron chi connectivity index (χ3n) is 8.91. The Hall–Kier alpha value is -5.78. The molecule has 0 aliphatic carbocycles. The van der Waals surface area contributed by atoms with E-state index in [2.05, 4.69) is 15.4 Å².